The smallest absolute Gasteiger partial charge is 0.0131 e. The van der Waals surface area contributed by atoms with Gasteiger partial charge in [-0.05, 0) is 24.0 Å². The second-order valence-corrected chi connectivity index (χ2v) is 3.37. The van der Waals surface area contributed by atoms with E-state index in [0.717, 1.165) is 6.42 Å². The van der Waals surface area contributed by atoms with E-state index in [0.29, 0.717) is 5.92 Å². The Morgan fingerprint density at radius 3 is 2.60 bits per heavy atom. The quantitative estimate of drug-likeness (QED) is 0.562. The summed E-state index contributed by atoms with van der Waals surface area (Å²) in [5.41, 5.74) is 1.31. The van der Waals surface area contributed by atoms with Crippen molar-refractivity contribution in [1.29, 1.82) is 0 Å². The molecule has 0 aromatic rings. The molecule has 0 aliphatic carbocycles. The first-order valence-electron chi connectivity index (χ1n) is 3.54. The Kier molecular flexibility index (Phi) is 5.51. The molecule has 0 radical (unpaired) electrons. The van der Waals surface area contributed by atoms with Gasteiger partial charge in [0.15, 0.2) is 0 Å². The maximum absolute atomic E-state index is 3.97. The van der Waals surface area contributed by atoms with Crippen LogP contribution in [0.4, 0.5) is 0 Å². The van der Waals surface area contributed by atoms with Crippen molar-refractivity contribution in [3.8, 4) is 0 Å². The van der Waals surface area contributed by atoms with E-state index in [-0.39, 0.29) is 0 Å². The van der Waals surface area contributed by atoms with Crippen LogP contribution in [0.25, 0.3) is 0 Å². The van der Waals surface area contributed by atoms with Crippen LogP contribution in [0.1, 0.15) is 20.3 Å². The lowest BCUT2D eigenvalue weighted by Gasteiger charge is -2.04. The van der Waals surface area contributed by atoms with Gasteiger partial charge in [-0.25, -0.2) is 0 Å². The van der Waals surface area contributed by atoms with Crippen LogP contribution < -0.4 is 0 Å². The van der Waals surface area contributed by atoms with Crippen LogP contribution in [0.2, 0.25) is 0 Å². The summed E-state index contributed by atoms with van der Waals surface area (Å²) in [4.78, 5) is 0. The summed E-state index contributed by atoms with van der Waals surface area (Å²) in [5.74, 6) is 0.617. The highest BCUT2D eigenvalue weighted by molar-refractivity contribution is 8.01. The normalized spacial score (nSPS) is 11.2. The van der Waals surface area contributed by atoms with Crippen molar-refractivity contribution in [3.63, 3.8) is 0 Å². The van der Waals surface area contributed by atoms with Gasteiger partial charge in [0, 0.05) is 0 Å². The van der Waals surface area contributed by atoms with Gasteiger partial charge in [-0.2, -0.15) is 0 Å². The molecule has 0 aromatic heterocycles. The Morgan fingerprint density at radius 2 is 2.20 bits per heavy atom. The Labute approximate surface area is 68.4 Å². The van der Waals surface area contributed by atoms with Crippen LogP contribution in [0.3, 0.4) is 0 Å². The molecule has 0 aliphatic rings. The van der Waals surface area contributed by atoms with Gasteiger partial charge < -0.3 is 0 Å². The summed E-state index contributed by atoms with van der Waals surface area (Å²) >= 11 is 1.73. The zero-order valence-electron chi connectivity index (χ0n) is 7.05. The number of hydrogen-bond donors (Lipinski definition) is 0. The number of rotatable bonds is 4. The summed E-state index contributed by atoms with van der Waals surface area (Å²) in [6, 6.07) is 0. The van der Waals surface area contributed by atoms with Gasteiger partial charge >= 0.3 is 0 Å². The lowest BCUT2D eigenvalue weighted by Crippen LogP contribution is -1.89. The van der Waals surface area contributed by atoms with Gasteiger partial charge in [0.25, 0.3) is 0 Å². The Morgan fingerprint density at radius 1 is 1.60 bits per heavy atom. The van der Waals surface area contributed by atoms with E-state index >= 15 is 0 Å². The molecule has 1 heteroatoms. The minimum atomic E-state index is 0.617. The number of hydrogen-bond acceptors (Lipinski definition) is 1. The third kappa shape index (κ3) is 4.68. The highest BCUT2D eigenvalue weighted by Gasteiger charge is 1.95. The van der Waals surface area contributed by atoms with E-state index in [1.165, 1.54) is 5.57 Å². The third-order valence-electron chi connectivity index (χ3n) is 1.43. The van der Waals surface area contributed by atoms with Crippen molar-refractivity contribution in [2.45, 2.75) is 20.3 Å². The predicted molar refractivity (Wildman–Crippen MR) is 51.3 cm³/mol. The summed E-state index contributed by atoms with van der Waals surface area (Å²) in [7, 11) is 0. The molecule has 58 valence electrons. The fourth-order valence-electron chi connectivity index (χ4n) is 0.531. The summed E-state index contributed by atoms with van der Waals surface area (Å²) < 4.78 is 0. The van der Waals surface area contributed by atoms with Gasteiger partial charge in [0.05, 0.1) is 0 Å². The molecule has 0 atom stereocenters. The summed E-state index contributed by atoms with van der Waals surface area (Å²) in [6.07, 6.45) is 5.25. The molecule has 0 amide bonds. The van der Waals surface area contributed by atoms with Gasteiger partial charge in [0.2, 0.25) is 0 Å². The molecule has 0 rings (SSSR count). The maximum Gasteiger partial charge on any atom is -0.0131 e. The van der Waals surface area contributed by atoms with E-state index in [1.54, 1.807) is 11.8 Å². The molecule has 0 fully saturated rings. The molecule has 0 spiro atoms. The highest BCUT2D eigenvalue weighted by atomic mass is 32.2. The van der Waals surface area contributed by atoms with Crippen molar-refractivity contribution in [2.24, 2.45) is 5.92 Å². The average Bonchev–Trinajstić information content (AvgIpc) is 1.88. The molecule has 0 saturated carbocycles. The van der Waals surface area contributed by atoms with Gasteiger partial charge in [-0.15, -0.1) is 11.8 Å². The summed E-state index contributed by atoms with van der Waals surface area (Å²) in [5, 5.41) is 2.10. The maximum atomic E-state index is 3.97. The zero-order valence-corrected chi connectivity index (χ0v) is 7.87. The SMILES string of the molecule is C=C(C/C=C\SC)C(C)C. The first-order valence-corrected chi connectivity index (χ1v) is 4.82. The zero-order chi connectivity index (χ0) is 7.98. The standard InChI is InChI=1S/C9H16S/c1-8(2)9(3)6-5-7-10-4/h5,7-8H,3,6H2,1-2,4H3/b7-5-. The minimum absolute atomic E-state index is 0.617. The number of thioether (sulfide) groups is 1. The molecular formula is C9H16S. The molecule has 0 aliphatic heterocycles. The molecule has 10 heavy (non-hydrogen) atoms. The van der Waals surface area contributed by atoms with E-state index in [9.17, 15) is 0 Å². The molecule has 0 aromatic carbocycles. The lowest BCUT2D eigenvalue weighted by molar-refractivity contribution is 0.752. The number of allylic oxidation sites excluding steroid dienone is 2. The first kappa shape index (κ1) is 9.83. The average molecular weight is 156 g/mol. The van der Waals surface area contributed by atoms with Crippen molar-refractivity contribution in [1.82, 2.24) is 0 Å². The molecular weight excluding hydrogens is 140 g/mol. The fraction of sp³-hybridized carbons (Fsp3) is 0.556. The fourth-order valence-corrected chi connectivity index (χ4v) is 0.820. The highest BCUT2D eigenvalue weighted by Crippen LogP contribution is 2.12. The first-order chi connectivity index (χ1) is 4.68. The van der Waals surface area contributed by atoms with Crippen molar-refractivity contribution in [3.05, 3.63) is 23.6 Å². The van der Waals surface area contributed by atoms with Gasteiger partial charge in [0.1, 0.15) is 0 Å². The van der Waals surface area contributed by atoms with Gasteiger partial charge in [-0.3, -0.25) is 0 Å². The molecule has 0 N–H and O–H groups in total. The van der Waals surface area contributed by atoms with Crippen LogP contribution in [-0.2, 0) is 0 Å². The van der Waals surface area contributed by atoms with Crippen molar-refractivity contribution < 1.29 is 0 Å². The van der Waals surface area contributed by atoms with E-state index < -0.39 is 0 Å². The van der Waals surface area contributed by atoms with Crippen LogP contribution in [0, 0.1) is 5.92 Å². The van der Waals surface area contributed by atoms with E-state index in [4.69, 9.17) is 0 Å². The van der Waals surface area contributed by atoms with Crippen LogP contribution in [0.5, 0.6) is 0 Å². The van der Waals surface area contributed by atoms with Crippen molar-refractivity contribution >= 4 is 11.8 Å². The predicted octanol–water partition coefficient (Wildman–Crippen LogP) is 3.47. The topological polar surface area (TPSA) is 0 Å². The minimum Gasteiger partial charge on any atom is -0.138 e. The van der Waals surface area contributed by atoms with E-state index in [2.05, 4.69) is 38.2 Å². The molecule has 0 nitrogen and oxygen atoms in total. The Hall–Kier alpha value is -0.170. The molecule has 0 unspecified atom stereocenters. The van der Waals surface area contributed by atoms with Gasteiger partial charge in [-0.1, -0.05) is 32.1 Å². The Bertz CT molecular complexity index is 123. The Balaban J connectivity index is 3.49. The molecule has 0 heterocycles. The lowest BCUT2D eigenvalue weighted by atomic mass is 10.0. The largest absolute Gasteiger partial charge is 0.138 e. The molecule has 0 bridgehead atoms. The third-order valence-corrected chi connectivity index (χ3v) is 1.89. The summed E-state index contributed by atoms with van der Waals surface area (Å²) in [6.45, 7) is 8.32. The van der Waals surface area contributed by atoms with E-state index in [1.807, 2.05) is 0 Å². The van der Waals surface area contributed by atoms with Crippen LogP contribution >= 0.6 is 11.8 Å². The second kappa shape index (κ2) is 5.60. The monoisotopic (exact) mass is 156 g/mol. The van der Waals surface area contributed by atoms with Crippen LogP contribution in [0.15, 0.2) is 23.6 Å². The van der Waals surface area contributed by atoms with Crippen LogP contribution in [-0.4, -0.2) is 6.26 Å². The second-order valence-electron chi connectivity index (χ2n) is 2.62. The molecule has 0 saturated heterocycles. The van der Waals surface area contributed by atoms with Crippen molar-refractivity contribution in [2.75, 3.05) is 6.26 Å².